The standard InChI is InChI=1S/C68H133NO5/c1-3-5-7-9-11-13-15-17-19-30-33-36-40-44-48-52-56-60-66(71)65(64-70)69-67(72)61-57-53-49-45-41-37-34-31-28-26-24-22-20-21-23-25-27-29-32-35-39-43-47-51-55-59-63-74-68(73)62-58-54-50-46-42-38-18-16-14-12-10-8-6-4-2/h20,22,65-66,70-71H,3-19,21,23-64H2,1-2H3,(H,69,72)/b22-20-. The molecule has 2 unspecified atom stereocenters. The molecule has 0 aliphatic carbocycles. The van der Waals surface area contributed by atoms with Gasteiger partial charge in [-0.3, -0.25) is 9.59 Å². The lowest BCUT2D eigenvalue weighted by Crippen LogP contribution is -2.45. The van der Waals surface area contributed by atoms with E-state index in [2.05, 4.69) is 31.3 Å². The average molecular weight is 1040 g/mol. The van der Waals surface area contributed by atoms with Crippen LogP contribution in [0.5, 0.6) is 0 Å². The zero-order valence-corrected chi connectivity index (χ0v) is 50.4. The average Bonchev–Trinajstić information content (AvgIpc) is 3.40. The third kappa shape index (κ3) is 59.8. The van der Waals surface area contributed by atoms with Crippen LogP contribution in [0.25, 0.3) is 0 Å². The first-order chi connectivity index (χ1) is 36.5. The van der Waals surface area contributed by atoms with E-state index in [0.29, 0.717) is 25.9 Å². The van der Waals surface area contributed by atoms with Gasteiger partial charge >= 0.3 is 5.97 Å². The van der Waals surface area contributed by atoms with Crippen LogP contribution in [-0.2, 0) is 14.3 Å². The van der Waals surface area contributed by atoms with E-state index in [-0.39, 0.29) is 18.5 Å². The molecule has 0 aromatic rings. The van der Waals surface area contributed by atoms with Gasteiger partial charge in [-0.15, -0.1) is 0 Å². The van der Waals surface area contributed by atoms with Crippen LogP contribution in [0.3, 0.4) is 0 Å². The number of amides is 1. The second-order valence-electron chi connectivity index (χ2n) is 23.5. The molecule has 0 heterocycles. The number of aliphatic hydroxyl groups excluding tert-OH is 2. The van der Waals surface area contributed by atoms with Gasteiger partial charge in [-0.1, -0.05) is 334 Å². The molecule has 2 atom stereocenters. The highest BCUT2D eigenvalue weighted by Gasteiger charge is 2.20. The normalized spacial score (nSPS) is 12.5. The summed E-state index contributed by atoms with van der Waals surface area (Å²) in [6.07, 6.45) is 78.2. The molecule has 0 spiro atoms. The first kappa shape index (κ1) is 72.6. The smallest absolute Gasteiger partial charge is 0.305 e. The highest BCUT2D eigenvalue weighted by molar-refractivity contribution is 5.76. The van der Waals surface area contributed by atoms with Crippen molar-refractivity contribution in [3.05, 3.63) is 12.2 Å². The molecule has 0 radical (unpaired) electrons. The Bertz CT molecular complexity index is 1110. The van der Waals surface area contributed by atoms with Gasteiger partial charge in [0.15, 0.2) is 0 Å². The molecule has 3 N–H and O–H groups in total. The molecule has 0 aliphatic heterocycles. The van der Waals surface area contributed by atoms with Crippen molar-refractivity contribution in [2.45, 2.75) is 398 Å². The molecule has 0 aliphatic rings. The second kappa shape index (κ2) is 64.1. The fraction of sp³-hybridized carbons (Fsp3) is 0.941. The predicted octanol–water partition coefficient (Wildman–Crippen LogP) is 21.6. The number of hydrogen-bond donors (Lipinski definition) is 3. The molecule has 74 heavy (non-hydrogen) atoms. The van der Waals surface area contributed by atoms with Gasteiger partial charge in [-0.05, 0) is 51.4 Å². The summed E-state index contributed by atoms with van der Waals surface area (Å²) in [5.41, 5.74) is 0. The highest BCUT2D eigenvalue weighted by Crippen LogP contribution is 2.19. The zero-order chi connectivity index (χ0) is 53.6. The van der Waals surface area contributed by atoms with E-state index in [9.17, 15) is 19.8 Å². The number of carbonyl (C=O) groups is 2. The molecule has 1 amide bonds. The van der Waals surface area contributed by atoms with Crippen molar-refractivity contribution in [2.75, 3.05) is 13.2 Å². The van der Waals surface area contributed by atoms with Gasteiger partial charge in [-0.2, -0.15) is 0 Å². The Labute approximate surface area is 463 Å². The lowest BCUT2D eigenvalue weighted by molar-refractivity contribution is -0.143. The Balaban J connectivity index is 3.38. The number of allylic oxidation sites excluding steroid dienone is 2. The largest absolute Gasteiger partial charge is 0.466 e. The number of esters is 1. The van der Waals surface area contributed by atoms with Gasteiger partial charge in [0.25, 0.3) is 0 Å². The van der Waals surface area contributed by atoms with Gasteiger partial charge in [0.05, 0.1) is 25.4 Å². The Morgan fingerprint density at radius 1 is 0.365 bits per heavy atom. The van der Waals surface area contributed by atoms with E-state index in [0.717, 1.165) is 38.5 Å². The summed E-state index contributed by atoms with van der Waals surface area (Å²) in [5, 5.41) is 23.4. The molecule has 0 rings (SSSR count). The molecule has 0 aromatic carbocycles. The second-order valence-corrected chi connectivity index (χ2v) is 23.5. The molecule has 0 aromatic heterocycles. The van der Waals surface area contributed by atoms with Crippen molar-refractivity contribution in [2.24, 2.45) is 0 Å². The van der Waals surface area contributed by atoms with Crippen molar-refractivity contribution in [1.29, 1.82) is 0 Å². The monoisotopic (exact) mass is 1040 g/mol. The molecule has 0 saturated heterocycles. The fourth-order valence-corrected chi connectivity index (χ4v) is 10.9. The van der Waals surface area contributed by atoms with Crippen LogP contribution in [0.1, 0.15) is 386 Å². The lowest BCUT2D eigenvalue weighted by atomic mass is 10.0. The molecule has 440 valence electrons. The maximum absolute atomic E-state index is 12.5. The lowest BCUT2D eigenvalue weighted by Gasteiger charge is -2.22. The summed E-state index contributed by atoms with van der Waals surface area (Å²) < 4.78 is 5.49. The van der Waals surface area contributed by atoms with E-state index in [1.165, 1.54) is 315 Å². The van der Waals surface area contributed by atoms with Crippen LogP contribution in [0.2, 0.25) is 0 Å². The summed E-state index contributed by atoms with van der Waals surface area (Å²) in [7, 11) is 0. The third-order valence-corrected chi connectivity index (χ3v) is 16.1. The Morgan fingerprint density at radius 3 is 0.959 bits per heavy atom. The number of carbonyl (C=O) groups excluding carboxylic acids is 2. The molecular weight excluding hydrogens is 911 g/mol. The quantitative estimate of drug-likeness (QED) is 0.0320. The van der Waals surface area contributed by atoms with Crippen molar-refractivity contribution in [3.63, 3.8) is 0 Å². The Hall–Kier alpha value is -1.40. The number of unbranched alkanes of at least 4 members (excludes halogenated alkanes) is 51. The van der Waals surface area contributed by atoms with Crippen LogP contribution in [0.15, 0.2) is 12.2 Å². The SMILES string of the molecule is CCCCCCCCCCCCCCCCCCCC(O)C(CO)NC(=O)CCCCCCCCCCCC/C=C\CCCCCCCCCCCCCCOC(=O)CCCCCCCCCCCCCCCC. The molecule has 0 bridgehead atoms. The predicted molar refractivity (Wildman–Crippen MR) is 324 cm³/mol. The van der Waals surface area contributed by atoms with E-state index in [1.807, 2.05) is 0 Å². The van der Waals surface area contributed by atoms with Gasteiger partial charge in [0, 0.05) is 12.8 Å². The van der Waals surface area contributed by atoms with E-state index in [1.54, 1.807) is 0 Å². The zero-order valence-electron chi connectivity index (χ0n) is 50.4. The third-order valence-electron chi connectivity index (χ3n) is 16.1. The number of hydrogen-bond acceptors (Lipinski definition) is 5. The summed E-state index contributed by atoms with van der Waals surface area (Å²) >= 11 is 0. The summed E-state index contributed by atoms with van der Waals surface area (Å²) in [4.78, 5) is 24.6. The molecule has 0 fully saturated rings. The molecule has 6 heteroatoms. The first-order valence-corrected chi connectivity index (χ1v) is 33.9. The minimum atomic E-state index is -0.665. The highest BCUT2D eigenvalue weighted by atomic mass is 16.5. The minimum absolute atomic E-state index is 0.0175. The van der Waals surface area contributed by atoms with Crippen molar-refractivity contribution in [3.8, 4) is 0 Å². The van der Waals surface area contributed by atoms with Gasteiger partial charge < -0.3 is 20.3 Å². The molecular formula is C68H133NO5. The van der Waals surface area contributed by atoms with Crippen LogP contribution < -0.4 is 5.32 Å². The van der Waals surface area contributed by atoms with Gasteiger partial charge in [0.2, 0.25) is 5.91 Å². The van der Waals surface area contributed by atoms with Gasteiger partial charge in [0.1, 0.15) is 0 Å². The van der Waals surface area contributed by atoms with E-state index < -0.39 is 12.1 Å². The van der Waals surface area contributed by atoms with Crippen LogP contribution in [-0.4, -0.2) is 47.4 Å². The van der Waals surface area contributed by atoms with Crippen molar-refractivity contribution in [1.82, 2.24) is 5.32 Å². The number of ether oxygens (including phenoxy) is 1. The molecule has 0 saturated carbocycles. The summed E-state index contributed by atoms with van der Waals surface area (Å²) in [5.74, 6) is -0.0157. The summed E-state index contributed by atoms with van der Waals surface area (Å²) in [6.45, 7) is 4.99. The number of rotatable bonds is 64. The maximum atomic E-state index is 12.5. The van der Waals surface area contributed by atoms with Gasteiger partial charge in [-0.25, -0.2) is 0 Å². The fourth-order valence-electron chi connectivity index (χ4n) is 10.9. The topological polar surface area (TPSA) is 95.9 Å². The van der Waals surface area contributed by atoms with Crippen LogP contribution >= 0.6 is 0 Å². The van der Waals surface area contributed by atoms with E-state index >= 15 is 0 Å². The van der Waals surface area contributed by atoms with Crippen molar-refractivity contribution >= 4 is 11.9 Å². The van der Waals surface area contributed by atoms with Crippen LogP contribution in [0.4, 0.5) is 0 Å². The molecule has 6 nitrogen and oxygen atoms in total. The minimum Gasteiger partial charge on any atom is -0.466 e. The Morgan fingerprint density at radius 2 is 0.635 bits per heavy atom. The van der Waals surface area contributed by atoms with Crippen molar-refractivity contribution < 1.29 is 24.5 Å². The maximum Gasteiger partial charge on any atom is 0.305 e. The Kier molecular flexibility index (Phi) is 62.9. The number of aliphatic hydroxyl groups is 2. The first-order valence-electron chi connectivity index (χ1n) is 33.9. The summed E-state index contributed by atoms with van der Waals surface area (Å²) in [6, 6.07) is -0.542. The van der Waals surface area contributed by atoms with Crippen LogP contribution in [0, 0.1) is 0 Å². The number of nitrogens with one attached hydrogen (secondary N) is 1. The van der Waals surface area contributed by atoms with E-state index in [4.69, 9.17) is 4.74 Å².